The van der Waals surface area contributed by atoms with Crippen molar-refractivity contribution < 1.29 is 34.2 Å². The Bertz CT molecular complexity index is 821. The van der Waals surface area contributed by atoms with Crippen molar-refractivity contribution in [2.45, 2.75) is 36.4 Å². The molecule has 0 amide bonds. The molecule has 0 saturated carbocycles. The van der Waals surface area contributed by atoms with Crippen LogP contribution in [0, 0.1) is 0 Å². The van der Waals surface area contributed by atoms with Gasteiger partial charge in [0.25, 0.3) is 10.1 Å². The third-order valence-electron chi connectivity index (χ3n) is 3.82. The molecule has 2 rings (SSSR count). The van der Waals surface area contributed by atoms with Crippen LogP contribution in [0.15, 0.2) is 29.2 Å². The molecule has 1 unspecified atom stereocenters. The zero-order valence-electron chi connectivity index (χ0n) is 13.4. The average Bonchev–Trinajstić information content (AvgIpc) is 2.52. The van der Waals surface area contributed by atoms with Gasteiger partial charge in [-0.1, -0.05) is 12.5 Å². The van der Waals surface area contributed by atoms with Gasteiger partial charge in [-0.3, -0.25) is 4.18 Å². The lowest BCUT2D eigenvalue weighted by atomic mass is 10.1. The zero-order valence-corrected chi connectivity index (χ0v) is 15.0. The van der Waals surface area contributed by atoms with E-state index in [1.165, 1.54) is 0 Å². The molecule has 0 aromatic heterocycles. The fourth-order valence-corrected chi connectivity index (χ4v) is 4.76. The zero-order chi connectivity index (χ0) is 18.9. The van der Waals surface area contributed by atoms with Gasteiger partial charge < -0.3 is 0 Å². The molecule has 1 heterocycles. The maximum absolute atomic E-state index is 12.8. The molecule has 1 aliphatic rings. The minimum Gasteiger partial charge on any atom is -0.269 e. The van der Waals surface area contributed by atoms with Crippen molar-refractivity contribution in [1.82, 2.24) is 4.31 Å². The number of nitrogens with zero attached hydrogens (tertiary/aromatic N) is 1. The van der Waals surface area contributed by atoms with E-state index in [2.05, 4.69) is 0 Å². The number of sulfonamides is 1. The van der Waals surface area contributed by atoms with Gasteiger partial charge in [0.15, 0.2) is 0 Å². The molecule has 0 N–H and O–H groups in total. The lowest BCUT2D eigenvalue weighted by Crippen LogP contribution is -2.46. The second-order valence-electron chi connectivity index (χ2n) is 5.78. The van der Waals surface area contributed by atoms with Crippen LogP contribution in [0.2, 0.25) is 0 Å². The van der Waals surface area contributed by atoms with E-state index in [1.807, 2.05) is 0 Å². The van der Waals surface area contributed by atoms with Crippen molar-refractivity contribution in [3.05, 3.63) is 29.8 Å². The van der Waals surface area contributed by atoms with E-state index in [1.54, 1.807) is 0 Å². The highest BCUT2D eigenvalue weighted by Crippen LogP contribution is 2.32. The van der Waals surface area contributed by atoms with Gasteiger partial charge in [0, 0.05) is 12.6 Å². The Morgan fingerprint density at radius 1 is 1.20 bits per heavy atom. The second kappa shape index (κ2) is 7.22. The van der Waals surface area contributed by atoms with Crippen LogP contribution in [0.4, 0.5) is 13.2 Å². The van der Waals surface area contributed by atoms with Crippen molar-refractivity contribution in [2.24, 2.45) is 0 Å². The van der Waals surface area contributed by atoms with Gasteiger partial charge in [-0.25, -0.2) is 8.42 Å². The quantitative estimate of drug-likeness (QED) is 0.707. The lowest BCUT2D eigenvalue weighted by molar-refractivity contribution is -0.137. The van der Waals surface area contributed by atoms with E-state index in [-0.39, 0.29) is 13.2 Å². The number of benzene rings is 1. The molecule has 0 aliphatic carbocycles. The number of hydrogen-bond acceptors (Lipinski definition) is 5. The van der Waals surface area contributed by atoms with Crippen LogP contribution in [-0.2, 0) is 30.5 Å². The summed E-state index contributed by atoms with van der Waals surface area (Å²) in [7, 11) is -7.96. The Morgan fingerprint density at radius 3 is 2.48 bits per heavy atom. The minimum atomic E-state index is -4.66. The molecule has 1 aromatic rings. The highest BCUT2D eigenvalue weighted by atomic mass is 32.2. The van der Waals surface area contributed by atoms with Crippen molar-refractivity contribution >= 4 is 20.1 Å². The van der Waals surface area contributed by atoms with Crippen LogP contribution in [-0.4, -0.2) is 46.6 Å². The summed E-state index contributed by atoms with van der Waals surface area (Å²) in [6, 6.07) is 2.75. The largest absolute Gasteiger partial charge is 0.416 e. The normalized spacial score (nSPS) is 20.6. The average molecular weight is 401 g/mol. The fraction of sp³-hybridized carbons (Fsp3) is 0.571. The van der Waals surface area contributed by atoms with Crippen molar-refractivity contribution in [3.63, 3.8) is 0 Å². The van der Waals surface area contributed by atoms with Crippen molar-refractivity contribution in [3.8, 4) is 0 Å². The first kappa shape index (κ1) is 20.1. The highest BCUT2D eigenvalue weighted by molar-refractivity contribution is 7.89. The van der Waals surface area contributed by atoms with Crippen LogP contribution < -0.4 is 0 Å². The molecule has 0 radical (unpaired) electrons. The number of hydrogen-bond donors (Lipinski definition) is 0. The second-order valence-corrected chi connectivity index (χ2v) is 9.31. The SMILES string of the molecule is CS(=O)(=O)OCC1CCCCN1S(=O)(=O)c1cccc(C(F)(F)F)c1. The van der Waals surface area contributed by atoms with Gasteiger partial charge in [0.2, 0.25) is 10.0 Å². The molecule has 6 nitrogen and oxygen atoms in total. The van der Waals surface area contributed by atoms with Crippen LogP contribution in [0.25, 0.3) is 0 Å². The summed E-state index contributed by atoms with van der Waals surface area (Å²) in [4.78, 5) is -0.478. The van der Waals surface area contributed by atoms with E-state index in [0.29, 0.717) is 25.3 Å². The minimum absolute atomic E-state index is 0.0936. The van der Waals surface area contributed by atoms with Gasteiger partial charge in [-0.05, 0) is 31.0 Å². The summed E-state index contributed by atoms with van der Waals surface area (Å²) in [5.41, 5.74) is -1.06. The molecule has 25 heavy (non-hydrogen) atoms. The standard InChI is InChI=1S/C14H18F3NO5S2/c1-24(19,20)23-10-12-6-2-3-8-18(12)25(21,22)13-7-4-5-11(9-13)14(15,16)17/h4-5,7,9,12H,2-3,6,8,10H2,1H3. The topological polar surface area (TPSA) is 80.8 Å². The highest BCUT2D eigenvalue weighted by Gasteiger charge is 2.36. The van der Waals surface area contributed by atoms with Crippen molar-refractivity contribution in [1.29, 1.82) is 0 Å². The molecular weight excluding hydrogens is 383 g/mol. The fourth-order valence-electron chi connectivity index (χ4n) is 2.63. The summed E-state index contributed by atoms with van der Waals surface area (Å²) >= 11 is 0. The Balaban J connectivity index is 2.32. The Kier molecular flexibility index (Phi) is 5.81. The van der Waals surface area contributed by atoms with Gasteiger partial charge in [-0.15, -0.1) is 0 Å². The van der Waals surface area contributed by atoms with E-state index < -0.39 is 42.8 Å². The first-order valence-electron chi connectivity index (χ1n) is 7.45. The van der Waals surface area contributed by atoms with Crippen molar-refractivity contribution in [2.75, 3.05) is 19.4 Å². The number of alkyl halides is 3. The number of rotatable bonds is 5. The van der Waals surface area contributed by atoms with Gasteiger partial charge >= 0.3 is 6.18 Å². The maximum atomic E-state index is 12.8. The third kappa shape index (κ3) is 5.16. The molecular formula is C14H18F3NO5S2. The molecule has 0 spiro atoms. The summed E-state index contributed by atoms with van der Waals surface area (Å²) in [6.07, 6.45) is -2.23. The lowest BCUT2D eigenvalue weighted by Gasteiger charge is -2.34. The molecule has 1 aromatic carbocycles. The van der Waals surface area contributed by atoms with Crippen LogP contribution in [0.5, 0.6) is 0 Å². The molecule has 0 bridgehead atoms. The maximum Gasteiger partial charge on any atom is 0.416 e. The van der Waals surface area contributed by atoms with Gasteiger partial charge in [0.1, 0.15) is 0 Å². The summed E-state index contributed by atoms with van der Waals surface area (Å²) in [5.74, 6) is 0. The molecule has 1 atom stereocenters. The Hall–Kier alpha value is -1.17. The van der Waals surface area contributed by atoms with Gasteiger partial charge in [-0.2, -0.15) is 25.9 Å². The van der Waals surface area contributed by atoms with Crippen LogP contribution >= 0.6 is 0 Å². The van der Waals surface area contributed by atoms with E-state index in [0.717, 1.165) is 28.8 Å². The van der Waals surface area contributed by atoms with E-state index in [9.17, 15) is 30.0 Å². The predicted octanol–water partition coefficient (Wildman–Crippen LogP) is 2.22. The van der Waals surface area contributed by atoms with Gasteiger partial charge in [0.05, 0.1) is 23.3 Å². The van der Waals surface area contributed by atoms with E-state index >= 15 is 0 Å². The summed E-state index contributed by atoms with van der Waals surface area (Å²) in [6.45, 7) is -0.270. The number of piperidine rings is 1. The third-order valence-corrected chi connectivity index (χ3v) is 6.33. The van der Waals surface area contributed by atoms with Crippen LogP contribution in [0.1, 0.15) is 24.8 Å². The van der Waals surface area contributed by atoms with E-state index in [4.69, 9.17) is 4.18 Å². The monoisotopic (exact) mass is 401 g/mol. The molecule has 142 valence electrons. The summed E-state index contributed by atoms with van der Waals surface area (Å²) < 4.78 is 92.0. The molecule has 11 heteroatoms. The Labute approximate surface area is 144 Å². The number of halogens is 3. The first-order valence-corrected chi connectivity index (χ1v) is 10.7. The summed E-state index contributed by atoms with van der Waals surface area (Å²) in [5, 5.41) is 0. The molecule has 1 aliphatic heterocycles. The predicted molar refractivity (Wildman–Crippen MR) is 83.8 cm³/mol. The smallest absolute Gasteiger partial charge is 0.269 e. The molecule has 1 fully saturated rings. The first-order chi connectivity index (χ1) is 11.4. The molecule has 1 saturated heterocycles. The van der Waals surface area contributed by atoms with Crippen LogP contribution in [0.3, 0.4) is 0 Å². The Morgan fingerprint density at radius 2 is 1.88 bits per heavy atom.